The summed E-state index contributed by atoms with van der Waals surface area (Å²) in [6, 6.07) is 20.2. The average Bonchev–Trinajstić information content (AvgIpc) is 2.79. The van der Waals surface area contributed by atoms with Crippen molar-refractivity contribution >= 4 is 31.6 Å². The van der Waals surface area contributed by atoms with Crippen molar-refractivity contribution in [3.05, 3.63) is 71.8 Å². The topological polar surface area (TPSA) is 55.4 Å². The van der Waals surface area contributed by atoms with Crippen LogP contribution in [0.4, 0.5) is 0 Å². The fourth-order valence-corrected chi connectivity index (χ4v) is 6.31. The van der Waals surface area contributed by atoms with Crippen molar-refractivity contribution in [2.45, 2.75) is 77.2 Å². The van der Waals surface area contributed by atoms with Crippen LogP contribution in [0.1, 0.15) is 66.5 Å². The molecule has 4 nitrogen and oxygen atoms in total. The van der Waals surface area contributed by atoms with Gasteiger partial charge in [0.1, 0.15) is 5.75 Å². The lowest BCUT2D eigenvalue weighted by atomic mass is 9.83. The molecule has 0 saturated heterocycles. The van der Waals surface area contributed by atoms with Crippen molar-refractivity contribution in [1.82, 2.24) is 4.72 Å². The van der Waals surface area contributed by atoms with Crippen LogP contribution in [0.25, 0.3) is 32.7 Å². The van der Waals surface area contributed by atoms with E-state index in [0.717, 1.165) is 27.1 Å². The van der Waals surface area contributed by atoms with Crippen LogP contribution in [0.2, 0.25) is 0 Å². The van der Waals surface area contributed by atoms with E-state index in [1.54, 1.807) is 13.2 Å². The van der Waals surface area contributed by atoms with Gasteiger partial charge in [0.15, 0.2) is 0 Å². The minimum atomic E-state index is -3.80. The number of hydrogen-bond acceptors (Lipinski definition) is 3. The number of hydrogen-bond donors (Lipinski definition) is 1. The number of rotatable bonds is 5. The first kappa shape index (κ1) is 27.2. The van der Waals surface area contributed by atoms with Crippen LogP contribution in [0, 0.1) is 0 Å². The summed E-state index contributed by atoms with van der Waals surface area (Å²) in [5.41, 5.74) is 3.83. The Balaban J connectivity index is 2.17. The van der Waals surface area contributed by atoms with E-state index in [2.05, 4.69) is 88.7 Å². The zero-order chi connectivity index (χ0) is 27.3. The number of fused-ring (bicyclic) bond motifs is 2. The van der Waals surface area contributed by atoms with Crippen LogP contribution >= 0.6 is 0 Å². The summed E-state index contributed by atoms with van der Waals surface area (Å²) >= 11 is 0. The Morgan fingerprint density at radius 3 is 1.65 bits per heavy atom. The maximum atomic E-state index is 13.7. The van der Waals surface area contributed by atoms with E-state index in [1.807, 2.05) is 26.0 Å². The van der Waals surface area contributed by atoms with Gasteiger partial charge in [-0.05, 0) is 69.5 Å². The molecule has 196 valence electrons. The molecule has 0 radical (unpaired) electrons. The first-order chi connectivity index (χ1) is 17.1. The quantitative estimate of drug-likeness (QED) is 0.292. The maximum Gasteiger partial charge on any atom is 0.241 e. The third kappa shape index (κ3) is 5.25. The minimum Gasteiger partial charge on any atom is -0.496 e. The van der Waals surface area contributed by atoms with Crippen molar-refractivity contribution in [2.75, 3.05) is 7.11 Å². The van der Waals surface area contributed by atoms with Gasteiger partial charge in [-0.25, -0.2) is 13.1 Å². The monoisotopic (exact) mass is 517 g/mol. The lowest BCUT2D eigenvalue weighted by molar-refractivity contribution is 0.417. The molecule has 4 aromatic carbocycles. The summed E-state index contributed by atoms with van der Waals surface area (Å²) in [5, 5.41) is 3.88. The van der Waals surface area contributed by atoms with E-state index in [-0.39, 0.29) is 21.8 Å². The van der Waals surface area contributed by atoms with E-state index in [1.165, 1.54) is 11.1 Å². The molecular formula is C32H39NO3S. The molecular weight excluding hydrogens is 478 g/mol. The predicted molar refractivity (Wildman–Crippen MR) is 156 cm³/mol. The van der Waals surface area contributed by atoms with Gasteiger partial charge in [0.2, 0.25) is 10.0 Å². The molecule has 37 heavy (non-hydrogen) atoms. The highest BCUT2D eigenvalue weighted by molar-refractivity contribution is 7.89. The van der Waals surface area contributed by atoms with Gasteiger partial charge in [-0.2, -0.15) is 0 Å². The number of benzene rings is 4. The molecule has 0 unspecified atom stereocenters. The van der Waals surface area contributed by atoms with Gasteiger partial charge in [-0.1, -0.05) is 90.1 Å². The largest absolute Gasteiger partial charge is 0.496 e. The number of nitrogens with one attached hydrogen (secondary N) is 1. The van der Waals surface area contributed by atoms with Crippen LogP contribution in [0.3, 0.4) is 0 Å². The van der Waals surface area contributed by atoms with Crippen LogP contribution in [-0.4, -0.2) is 21.6 Å². The molecule has 0 aliphatic carbocycles. The number of ether oxygens (including phenoxy) is 1. The summed E-state index contributed by atoms with van der Waals surface area (Å²) in [6.07, 6.45) is 0. The summed E-state index contributed by atoms with van der Waals surface area (Å²) < 4.78 is 36.0. The van der Waals surface area contributed by atoms with E-state index in [0.29, 0.717) is 11.3 Å². The first-order valence-corrected chi connectivity index (χ1v) is 14.3. The highest BCUT2D eigenvalue weighted by Gasteiger charge is 2.27. The predicted octanol–water partition coefficient (Wildman–Crippen LogP) is 7.95. The molecule has 0 aliphatic heterocycles. The zero-order valence-corrected chi connectivity index (χ0v) is 24.3. The summed E-state index contributed by atoms with van der Waals surface area (Å²) in [7, 11) is -2.16. The molecule has 4 rings (SSSR count). The lowest BCUT2D eigenvalue weighted by Crippen LogP contribution is -2.30. The molecule has 0 bridgehead atoms. The SMILES string of the molecule is COc1ccc2cc(C(C)(C)C)ccc2c1-c1c(S(=O)(=O)NC(C)C)ccc2cc(C(C)(C)C)ccc12. The van der Waals surface area contributed by atoms with E-state index < -0.39 is 10.0 Å². The molecule has 0 atom stereocenters. The van der Waals surface area contributed by atoms with Crippen LogP contribution in [0.15, 0.2) is 65.6 Å². The van der Waals surface area contributed by atoms with Crippen molar-refractivity contribution in [1.29, 1.82) is 0 Å². The molecule has 0 aromatic heterocycles. The van der Waals surface area contributed by atoms with Crippen LogP contribution in [0.5, 0.6) is 5.75 Å². The fraction of sp³-hybridized carbons (Fsp3) is 0.375. The van der Waals surface area contributed by atoms with Gasteiger partial charge < -0.3 is 4.74 Å². The first-order valence-electron chi connectivity index (χ1n) is 12.8. The number of methoxy groups -OCH3 is 1. The van der Waals surface area contributed by atoms with Crippen molar-refractivity contribution in [3.63, 3.8) is 0 Å². The van der Waals surface area contributed by atoms with Crippen LogP contribution in [-0.2, 0) is 20.9 Å². The molecule has 0 amide bonds. The average molecular weight is 518 g/mol. The smallest absolute Gasteiger partial charge is 0.241 e. The Kier molecular flexibility index (Phi) is 6.93. The van der Waals surface area contributed by atoms with Gasteiger partial charge in [0.25, 0.3) is 0 Å². The Morgan fingerprint density at radius 1 is 0.703 bits per heavy atom. The summed E-state index contributed by atoms with van der Waals surface area (Å²) in [5.74, 6) is 0.643. The third-order valence-electron chi connectivity index (χ3n) is 6.85. The minimum absolute atomic E-state index is 0.00718. The van der Waals surface area contributed by atoms with Gasteiger partial charge in [-0.15, -0.1) is 0 Å². The Hall–Kier alpha value is -2.89. The molecule has 0 fully saturated rings. The lowest BCUT2D eigenvalue weighted by Gasteiger charge is -2.23. The van der Waals surface area contributed by atoms with E-state index >= 15 is 0 Å². The Labute approximate surface area is 222 Å². The maximum absolute atomic E-state index is 13.7. The second-order valence-corrected chi connectivity index (χ2v) is 13.9. The van der Waals surface area contributed by atoms with E-state index in [4.69, 9.17) is 4.74 Å². The summed E-state index contributed by atoms with van der Waals surface area (Å²) in [4.78, 5) is 0.253. The second-order valence-electron chi connectivity index (χ2n) is 12.2. The molecule has 4 aromatic rings. The van der Waals surface area contributed by atoms with Gasteiger partial charge >= 0.3 is 0 Å². The van der Waals surface area contributed by atoms with Gasteiger partial charge in [-0.3, -0.25) is 0 Å². The second kappa shape index (κ2) is 9.45. The number of sulfonamides is 1. The van der Waals surface area contributed by atoms with Crippen LogP contribution < -0.4 is 9.46 Å². The molecule has 5 heteroatoms. The zero-order valence-electron chi connectivity index (χ0n) is 23.5. The molecule has 0 saturated carbocycles. The molecule has 0 aliphatic rings. The fourth-order valence-electron chi connectivity index (χ4n) is 4.84. The summed E-state index contributed by atoms with van der Waals surface area (Å²) in [6.45, 7) is 16.8. The van der Waals surface area contributed by atoms with Crippen molar-refractivity contribution in [3.8, 4) is 16.9 Å². The standard InChI is InChI=1S/C32H39NO3S/c1-20(2)33-37(34,35)28-17-11-22-19-24(32(6,7)8)13-15-26(22)30(28)29-25-14-12-23(31(3,4)5)18-21(25)10-16-27(29)36-9/h10-20,33H,1-9H3. The Bertz CT molecular complexity index is 1590. The highest BCUT2D eigenvalue weighted by Crippen LogP contribution is 2.45. The van der Waals surface area contributed by atoms with Gasteiger partial charge in [0, 0.05) is 17.2 Å². The third-order valence-corrected chi connectivity index (χ3v) is 8.55. The van der Waals surface area contributed by atoms with Crippen molar-refractivity contribution < 1.29 is 13.2 Å². The van der Waals surface area contributed by atoms with Gasteiger partial charge in [0.05, 0.1) is 12.0 Å². The van der Waals surface area contributed by atoms with Crippen molar-refractivity contribution in [2.24, 2.45) is 0 Å². The normalized spacial score (nSPS) is 13.0. The Morgan fingerprint density at radius 2 is 1.19 bits per heavy atom. The molecule has 1 N–H and O–H groups in total. The van der Waals surface area contributed by atoms with E-state index in [9.17, 15) is 8.42 Å². The highest BCUT2D eigenvalue weighted by atomic mass is 32.2. The molecule has 0 spiro atoms. The molecule has 0 heterocycles.